The van der Waals surface area contributed by atoms with E-state index in [4.69, 9.17) is 4.74 Å². The average Bonchev–Trinajstić information content (AvgIpc) is 2.16. The van der Waals surface area contributed by atoms with E-state index in [1.165, 1.54) is 14.2 Å². The van der Waals surface area contributed by atoms with E-state index >= 15 is 0 Å². The molecule has 0 bridgehead atoms. The Kier molecular flexibility index (Phi) is 6.53. The summed E-state index contributed by atoms with van der Waals surface area (Å²) in [5, 5.41) is 0. The zero-order chi connectivity index (χ0) is 11.0. The van der Waals surface area contributed by atoms with Crippen LogP contribution in [0.25, 0.3) is 0 Å². The summed E-state index contributed by atoms with van der Waals surface area (Å²) >= 11 is 0. The van der Waals surface area contributed by atoms with E-state index in [-0.39, 0.29) is 6.54 Å². The monoisotopic (exact) mass is 203 g/mol. The molecule has 0 aromatic rings. The summed E-state index contributed by atoms with van der Waals surface area (Å²) in [5.41, 5.74) is 0. The van der Waals surface area contributed by atoms with Crippen molar-refractivity contribution in [1.29, 1.82) is 0 Å². The maximum absolute atomic E-state index is 11.1. The lowest BCUT2D eigenvalue weighted by Gasteiger charge is -2.14. The van der Waals surface area contributed by atoms with Crippen LogP contribution >= 0.6 is 0 Å². The number of amides is 1. The maximum atomic E-state index is 11.1. The van der Waals surface area contributed by atoms with Gasteiger partial charge in [-0.25, -0.2) is 4.79 Å². The molecule has 5 nitrogen and oxygen atoms in total. The number of carbonyl (C=O) groups excluding carboxylic acids is 2. The van der Waals surface area contributed by atoms with E-state index in [0.29, 0.717) is 6.61 Å². The summed E-state index contributed by atoms with van der Waals surface area (Å²) in [6.07, 6.45) is 1.27. The van der Waals surface area contributed by atoms with Crippen molar-refractivity contribution in [3.8, 4) is 0 Å². The molecule has 0 saturated heterocycles. The zero-order valence-corrected chi connectivity index (χ0v) is 8.91. The number of nitrogens with zero attached hydrogens (tertiary/aromatic N) is 1. The Morgan fingerprint density at radius 2 is 2.00 bits per heavy atom. The first-order valence-electron chi connectivity index (χ1n) is 4.56. The van der Waals surface area contributed by atoms with Gasteiger partial charge in [-0.15, -0.1) is 0 Å². The molecule has 0 aliphatic carbocycles. The lowest BCUT2D eigenvalue weighted by atomic mass is 10.4. The second kappa shape index (κ2) is 7.17. The fourth-order valence-electron chi connectivity index (χ4n) is 0.790. The summed E-state index contributed by atoms with van der Waals surface area (Å²) in [6.45, 7) is 2.34. The Hall–Kier alpha value is -1.26. The molecular formula is C9H17NO4. The Balaban J connectivity index is 3.65. The van der Waals surface area contributed by atoms with Crippen LogP contribution in [0.15, 0.2) is 0 Å². The summed E-state index contributed by atoms with van der Waals surface area (Å²) < 4.78 is 9.28. The summed E-state index contributed by atoms with van der Waals surface area (Å²) in [5.74, 6) is -0.411. The van der Waals surface area contributed by atoms with Crippen LogP contribution in [0.1, 0.15) is 19.8 Å². The SMILES string of the molecule is CCCCOC(=O)CN(C)C(=O)OC. The van der Waals surface area contributed by atoms with Crippen molar-refractivity contribution in [2.75, 3.05) is 27.3 Å². The summed E-state index contributed by atoms with van der Waals surface area (Å²) in [7, 11) is 2.74. The van der Waals surface area contributed by atoms with Crippen molar-refractivity contribution in [2.45, 2.75) is 19.8 Å². The number of rotatable bonds is 5. The molecule has 5 heteroatoms. The molecule has 1 amide bonds. The molecule has 0 spiro atoms. The fourth-order valence-corrected chi connectivity index (χ4v) is 0.790. The highest BCUT2D eigenvalue weighted by Gasteiger charge is 2.13. The van der Waals surface area contributed by atoms with Gasteiger partial charge in [0.15, 0.2) is 0 Å². The minimum atomic E-state index is -0.544. The van der Waals surface area contributed by atoms with Gasteiger partial charge in [-0.3, -0.25) is 4.79 Å². The molecule has 0 radical (unpaired) electrons. The number of hydrogen-bond donors (Lipinski definition) is 0. The van der Waals surface area contributed by atoms with Crippen LogP contribution in [-0.4, -0.2) is 44.3 Å². The molecule has 82 valence electrons. The van der Waals surface area contributed by atoms with E-state index < -0.39 is 12.1 Å². The lowest BCUT2D eigenvalue weighted by molar-refractivity contribution is -0.144. The second-order valence-corrected chi connectivity index (χ2v) is 2.90. The van der Waals surface area contributed by atoms with Gasteiger partial charge in [-0.05, 0) is 6.42 Å². The molecule has 0 fully saturated rings. The van der Waals surface area contributed by atoms with Gasteiger partial charge in [0.1, 0.15) is 6.54 Å². The molecule has 0 rings (SSSR count). The van der Waals surface area contributed by atoms with Gasteiger partial charge in [0.05, 0.1) is 13.7 Å². The first kappa shape index (κ1) is 12.7. The largest absolute Gasteiger partial charge is 0.464 e. The van der Waals surface area contributed by atoms with Gasteiger partial charge >= 0.3 is 12.1 Å². The Bertz CT molecular complexity index is 193. The third-order valence-electron chi connectivity index (χ3n) is 1.61. The standard InChI is InChI=1S/C9H17NO4/c1-4-5-6-14-8(11)7-10(2)9(12)13-3/h4-7H2,1-3H3. The average molecular weight is 203 g/mol. The summed E-state index contributed by atoms with van der Waals surface area (Å²) in [6, 6.07) is 0. The Labute approximate surface area is 84.0 Å². The predicted octanol–water partition coefficient (Wildman–Crippen LogP) is 1.03. The van der Waals surface area contributed by atoms with Gasteiger partial charge in [-0.2, -0.15) is 0 Å². The van der Waals surface area contributed by atoms with Crippen LogP contribution in [0.2, 0.25) is 0 Å². The van der Waals surface area contributed by atoms with Gasteiger partial charge in [-0.1, -0.05) is 13.3 Å². The quantitative estimate of drug-likeness (QED) is 0.494. The Morgan fingerprint density at radius 1 is 1.36 bits per heavy atom. The highest BCUT2D eigenvalue weighted by Crippen LogP contribution is 1.92. The van der Waals surface area contributed by atoms with Crippen molar-refractivity contribution in [3.63, 3.8) is 0 Å². The number of carbonyl (C=O) groups is 2. The first-order valence-corrected chi connectivity index (χ1v) is 4.56. The third kappa shape index (κ3) is 5.40. The predicted molar refractivity (Wildman–Crippen MR) is 50.9 cm³/mol. The Morgan fingerprint density at radius 3 is 2.50 bits per heavy atom. The molecule has 0 aromatic heterocycles. The second-order valence-electron chi connectivity index (χ2n) is 2.90. The minimum Gasteiger partial charge on any atom is -0.464 e. The first-order chi connectivity index (χ1) is 6.61. The van der Waals surface area contributed by atoms with Crippen molar-refractivity contribution in [1.82, 2.24) is 4.90 Å². The van der Waals surface area contributed by atoms with Crippen molar-refractivity contribution >= 4 is 12.1 Å². The number of ether oxygens (including phenoxy) is 2. The molecule has 0 aliphatic rings. The van der Waals surface area contributed by atoms with Crippen LogP contribution in [0.4, 0.5) is 4.79 Å². The van der Waals surface area contributed by atoms with Crippen LogP contribution in [0.5, 0.6) is 0 Å². The molecular weight excluding hydrogens is 186 g/mol. The lowest BCUT2D eigenvalue weighted by Crippen LogP contribution is -2.32. The number of hydrogen-bond acceptors (Lipinski definition) is 4. The van der Waals surface area contributed by atoms with E-state index in [9.17, 15) is 9.59 Å². The van der Waals surface area contributed by atoms with Crippen molar-refractivity contribution in [2.24, 2.45) is 0 Å². The van der Waals surface area contributed by atoms with E-state index in [2.05, 4.69) is 4.74 Å². The number of likely N-dealkylation sites (N-methyl/N-ethyl adjacent to an activating group) is 1. The highest BCUT2D eigenvalue weighted by atomic mass is 16.5. The van der Waals surface area contributed by atoms with E-state index in [0.717, 1.165) is 17.7 Å². The third-order valence-corrected chi connectivity index (χ3v) is 1.61. The van der Waals surface area contributed by atoms with Crippen LogP contribution in [-0.2, 0) is 14.3 Å². The highest BCUT2D eigenvalue weighted by molar-refractivity contribution is 5.77. The van der Waals surface area contributed by atoms with Gasteiger partial charge in [0.2, 0.25) is 0 Å². The topological polar surface area (TPSA) is 55.8 Å². The number of esters is 1. The minimum absolute atomic E-state index is 0.0730. The van der Waals surface area contributed by atoms with Gasteiger partial charge < -0.3 is 14.4 Å². The zero-order valence-electron chi connectivity index (χ0n) is 8.91. The summed E-state index contributed by atoms with van der Waals surface area (Å²) in [4.78, 5) is 23.1. The molecule has 0 heterocycles. The maximum Gasteiger partial charge on any atom is 0.409 e. The molecule has 0 unspecified atom stereocenters. The fraction of sp³-hybridized carbons (Fsp3) is 0.778. The van der Waals surface area contributed by atoms with Gasteiger partial charge in [0.25, 0.3) is 0 Å². The smallest absolute Gasteiger partial charge is 0.409 e. The van der Waals surface area contributed by atoms with Crippen molar-refractivity contribution < 1.29 is 19.1 Å². The molecule has 0 N–H and O–H groups in total. The molecule has 0 aliphatic heterocycles. The molecule has 0 aromatic carbocycles. The normalized spacial score (nSPS) is 9.36. The van der Waals surface area contributed by atoms with Gasteiger partial charge in [0, 0.05) is 7.05 Å². The van der Waals surface area contributed by atoms with E-state index in [1.807, 2.05) is 6.92 Å². The molecule has 0 saturated carbocycles. The van der Waals surface area contributed by atoms with E-state index in [1.54, 1.807) is 0 Å². The van der Waals surface area contributed by atoms with Crippen molar-refractivity contribution in [3.05, 3.63) is 0 Å². The molecule has 0 atom stereocenters. The molecule has 14 heavy (non-hydrogen) atoms. The van der Waals surface area contributed by atoms with Crippen LogP contribution in [0, 0.1) is 0 Å². The van der Waals surface area contributed by atoms with Crippen LogP contribution in [0.3, 0.4) is 0 Å². The number of methoxy groups -OCH3 is 1. The van der Waals surface area contributed by atoms with Crippen LogP contribution < -0.4 is 0 Å². The number of unbranched alkanes of at least 4 members (excludes halogenated alkanes) is 1.